The average Bonchev–Trinajstić information content (AvgIpc) is 3.06. The van der Waals surface area contributed by atoms with Crippen LogP contribution in [0.5, 0.6) is 0 Å². The molecule has 0 aromatic carbocycles. The third-order valence-corrected chi connectivity index (χ3v) is 7.63. The predicted octanol–water partition coefficient (Wildman–Crippen LogP) is 3.34. The van der Waals surface area contributed by atoms with E-state index in [9.17, 15) is 0 Å². The summed E-state index contributed by atoms with van der Waals surface area (Å²) in [6.45, 7) is 10.3. The van der Waals surface area contributed by atoms with Crippen molar-refractivity contribution < 1.29 is 13.6 Å². The second-order valence-corrected chi connectivity index (χ2v) is 9.22. The van der Waals surface area contributed by atoms with E-state index in [-0.39, 0.29) is 0 Å². The lowest BCUT2D eigenvalue weighted by molar-refractivity contribution is 0.175. The Morgan fingerprint density at radius 2 is 1.83 bits per heavy atom. The Bertz CT molecular complexity index is 266. The van der Waals surface area contributed by atoms with Crippen LogP contribution in [0.2, 0.25) is 12.6 Å². The lowest BCUT2D eigenvalue weighted by Crippen LogP contribution is -2.41. The van der Waals surface area contributed by atoms with Gasteiger partial charge >= 0.3 is 8.56 Å². The van der Waals surface area contributed by atoms with Crippen LogP contribution < -0.4 is 0 Å². The minimum absolute atomic E-state index is 0.582. The quantitative estimate of drug-likeness (QED) is 0.526. The van der Waals surface area contributed by atoms with Crippen LogP contribution in [0.1, 0.15) is 40.0 Å². The molecule has 1 aliphatic carbocycles. The smallest absolute Gasteiger partial charge is 0.335 e. The first kappa shape index (κ1) is 14.5. The van der Waals surface area contributed by atoms with Gasteiger partial charge in [-0.15, -0.1) is 0 Å². The van der Waals surface area contributed by atoms with E-state index in [1.165, 1.54) is 19.3 Å². The molecule has 3 nitrogen and oxygen atoms in total. The summed E-state index contributed by atoms with van der Waals surface area (Å²) in [6.07, 6.45) is 5.04. The molecule has 2 aliphatic rings. The normalized spacial score (nSPS) is 33.0. The maximum atomic E-state index is 5.95. The van der Waals surface area contributed by atoms with Crippen molar-refractivity contribution in [3.8, 4) is 0 Å². The molecule has 1 saturated heterocycles. The Labute approximate surface area is 112 Å². The summed E-state index contributed by atoms with van der Waals surface area (Å²) in [5.74, 6) is 1.51. The second-order valence-electron chi connectivity index (χ2n) is 5.97. The van der Waals surface area contributed by atoms with Crippen LogP contribution in [0.25, 0.3) is 0 Å². The molecule has 0 radical (unpaired) electrons. The number of rotatable bonds is 7. The molecular weight excluding hydrogens is 244 g/mol. The summed E-state index contributed by atoms with van der Waals surface area (Å²) in [6, 6.07) is 1.12. The highest BCUT2D eigenvalue weighted by molar-refractivity contribution is 6.66. The van der Waals surface area contributed by atoms with E-state index >= 15 is 0 Å². The van der Waals surface area contributed by atoms with Crippen LogP contribution in [0.3, 0.4) is 0 Å². The van der Waals surface area contributed by atoms with Gasteiger partial charge in [0.25, 0.3) is 0 Å². The summed E-state index contributed by atoms with van der Waals surface area (Å²) in [5.41, 5.74) is 0. The maximum Gasteiger partial charge on any atom is 0.335 e. The predicted molar refractivity (Wildman–Crippen MR) is 74.8 cm³/mol. The molecule has 2 rings (SSSR count). The summed E-state index contributed by atoms with van der Waals surface area (Å²) in [4.78, 5) is 0. The first-order valence-electron chi connectivity index (χ1n) is 7.51. The van der Waals surface area contributed by atoms with Gasteiger partial charge < -0.3 is 13.6 Å². The molecule has 1 heterocycles. The van der Waals surface area contributed by atoms with Crippen LogP contribution in [0.15, 0.2) is 0 Å². The van der Waals surface area contributed by atoms with Gasteiger partial charge in [-0.3, -0.25) is 0 Å². The Kier molecular flexibility index (Phi) is 4.86. The summed E-state index contributed by atoms with van der Waals surface area (Å²) < 4.78 is 17.5. The molecule has 2 fully saturated rings. The fraction of sp³-hybridized carbons (Fsp3) is 1.00. The van der Waals surface area contributed by atoms with Crippen LogP contribution >= 0.6 is 0 Å². The Morgan fingerprint density at radius 3 is 2.39 bits per heavy atom. The fourth-order valence-electron chi connectivity index (χ4n) is 3.47. The third kappa shape index (κ3) is 3.56. The Balaban J connectivity index is 1.85. The molecule has 106 valence electrons. The molecular formula is C14H28O3Si. The maximum absolute atomic E-state index is 5.95. The van der Waals surface area contributed by atoms with Crippen molar-refractivity contribution >= 4 is 8.56 Å². The van der Waals surface area contributed by atoms with Crippen LogP contribution in [-0.4, -0.2) is 34.0 Å². The molecule has 0 aromatic heterocycles. The van der Waals surface area contributed by atoms with Gasteiger partial charge in [0.2, 0.25) is 0 Å². The molecule has 0 spiro atoms. The minimum atomic E-state index is -1.95. The molecule has 18 heavy (non-hydrogen) atoms. The lowest BCUT2D eigenvalue weighted by Gasteiger charge is -2.33. The number of fused-ring (bicyclic) bond motifs is 1. The highest BCUT2D eigenvalue weighted by atomic mass is 28.4. The van der Waals surface area contributed by atoms with E-state index in [1.807, 2.05) is 0 Å². The van der Waals surface area contributed by atoms with Crippen molar-refractivity contribution in [3.05, 3.63) is 0 Å². The van der Waals surface area contributed by atoms with Gasteiger partial charge in [-0.2, -0.15) is 0 Å². The van der Waals surface area contributed by atoms with Crippen molar-refractivity contribution in [1.82, 2.24) is 0 Å². The average molecular weight is 272 g/mol. The van der Waals surface area contributed by atoms with E-state index in [0.29, 0.717) is 18.1 Å². The molecule has 4 atom stereocenters. The van der Waals surface area contributed by atoms with Gasteiger partial charge in [0.1, 0.15) is 0 Å². The largest absolute Gasteiger partial charge is 0.395 e. The van der Waals surface area contributed by atoms with Gasteiger partial charge in [-0.05, 0) is 57.5 Å². The van der Waals surface area contributed by atoms with Gasteiger partial charge in [-0.25, -0.2) is 0 Å². The zero-order chi connectivity index (χ0) is 13.2. The zero-order valence-electron chi connectivity index (χ0n) is 12.3. The monoisotopic (exact) mass is 272 g/mol. The van der Waals surface area contributed by atoms with Gasteiger partial charge in [0, 0.05) is 13.2 Å². The van der Waals surface area contributed by atoms with Crippen LogP contribution in [-0.2, 0) is 13.6 Å². The minimum Gasteiger partial charge on any atom is -0.395 e. The van der Waals surface area contributed by atoms with Crippen molar-refractivity contribution in [1.29, 1.82) is 0 Å². The summed E-state index contributed by atoms with van der Waals surface area (Å²) in [7, 11) is -1.95. The van der Waals surface area contributed by atoms with E-state index in [0.717, 1.165) is 25.2 Å². The zero-order valence-corrected chi connectivity index (χ0v) is 13.3. The van der Waals surface area contributed by atoms with E-state index in [2.05, 4.69) is 27.3 Å². The molecule has 0 aromatic rings. The van der Waals surface area contributed by atoms with E-state index in [4.69, 9.17) is 13.6 Å². The van der Waals surface area contributed by atoms with Crippen molar-refractivity contribution in [2.45, 2.75) is 64.8 Å². The SMILES string of the molecule is CCO[Si](C)(CC(C)C1CCC2OC2C1)OCC. The molecule has 1 aliphatic heterocycles. The van der Waals surface area contributed by atoms with Crippen molar-refractivity contribution in [3.63, 3.8) is 0 Å². The topological polar surface area (TPSA) is 31.0 Å². The Morgan fingerprint density at radius 1 is 1.17 bits per heavy atom. The summed E-state index contributed by atoms with van der Waals surface area (Å²) in [5, 5.41) is 0. The summed E-state index contributed by atoms with van der Waals surface area (Å²) >= 11 is 0. The molecule has 4 unspecified atom stereocenters. The van der Waals surface area contributed by atoms with Crippen molar-refractivity contribution in [2.75, 3.05) is 13.2 Å². The fourth-order valence-corrected chi connectivity index (χ4v) is 6.52. The van der Waals surface area contributed by atoms with Crippen LogP contribution in [0, 0.1) is 11.8 Å². The van der Waals surface area contributed by atoms with Gasteiger partial charge in [0.05, 0.1) is 12.2 Å². The van der Waals surface area contributed by atoms with Gasteiger partial charge in [0.15, 0.2) is 0 Å². The molecule has 1 saturated carbocycles. The number of epoxide rings is 1. The number of ether oxygens (including phenoxy) is 1. The number of hydrogen-bond acceptors (Lipinski definition) is 3. The highest BCUT2D eigenvalue weighted by Crippen LogP contribution is 2.43. The molecule has 0 N–H and O–H groups in total. The van der Waals surface area contributed by atoms with Crippen LogP contribution in [0.4, 0.5) is 0 Å². The third-order valence-electron chi connectivity index (χ3n) is 4.44. The van der Waals surface area contributed by atoms with Gasteiger partial charge in [-0.1, -0.05) is 6.92 Å². The molecule has 4 heteroatoms. The molecule has 0 amide bonds. The van der Waals surface area contributed by atoms with E-state index < -0.39 is 8.56 Å². The van der Waals surface area contributed by atoms with E-state index in [1.54, 1.807) is 0 Å². The highest BCUT2D eigenvalue weighted by Gasteiger charge is 2.46. The molecule has 0 bridgehead atoms. The number of hydrogen-bond donors (Lipinski definition) is 0. The lowest BCUT2D eigenvalue weighted by atomic mass is 9.82. The standard InChI is InChI=1S/C14H28O3Si/c1-5-15-18(4,16-6-2)10-11(3)12-7-8-13-14(9-12)17-13/h11-14H,5-10H2,1-4H3. The Hall–Kier alpha value is 0.0969. The van der Waals surface area contributed by atoms with Crippen molar-refractivity contribution in [2.24, 2.45) is 11.8 Å². The first-order chi connectivity index (χ1) is 8.58. The first-order valence-corrected chi connectivity index (χ1v) is 10.0. The second kappa shape index (κ2) is 6.03.